The molecule has 4 nitrogen and oxygen atoms in total. The summed E-state index contributed by atoms with van der Waals surface area (Å²) in [5, 5.41) is 0. The minimum Gasteiger partial charge on any atom is -0.335 e. The Kier molecular flexibility index (Phi) is 5.98. The normalized spacial score (nSPS) is 30.0. The molecule has 31 heavy (non-hydrogen) atoms. The summed E-state index contributed by atoms with van der Waals surface area (Å²) in [6, 6.07) is 10.2. The van der Waals surface area contributed by atoms with E-state index in [-0.39, 0.29) is 18.4 Å². The van der Waals surface area contributed by atoms with Gasteiger partial charge in [0.2, 0.25) is 0 Å². The van der Waals surface area contributed by atoms with E-state index in [9.17, 15) is 4.79 Å². The molecule has 1 unspecified atom stereocenters. The molecular weight excluding hydrogens is 389 g/mol. The Morgan fingerprint density at radius 2 is 1.65 bits per heavy atom. The summed E-state index contributed by atoms with van der Waals surface area (Å²) in [4.78, 5) is 20.1. The third kappa shape index (κ3) is 4.10. The second-order valence-electron chi connectivity index (χ2n) is 9.57. The zero-order valence-corrected chi connectivity index (χ0v) is 18.4. The van der Waals surface area contributed by atoms with Crippen LogP contribution >= 0.6 is 0 Å². The van der Waals surface area contributed by atoms with E-state index in [1.165, 1.54) is 12.8 Å². The predicted molar refractivity (Wildman–Crippen MR) is 122 cm³/mol. The topological polar surface area (TPSA) is 26.8 Å². The second-order valence-corrected chi connectivity index (χ2v) is 9.57. The Bertz CT molecular complexity index is 855. The van der Waals surface area contributed by atoms with Crippen molar-refractivity contribution in [2.75, 3.05) is 39.3 Å². The first-order valence-electron chi connectivity index (χ1n) is 12.1. The average Bonchev–Trinajstić information content (AvgIpc) is 3.57. The maximum atomic E-state index is 16.9. The molecule has 1 aromatic rings. The molecule has 4 aliphatic rings. The summed E-state index contributed by atoms with van der Waals surface area (Å²) in [5.74, 6) is -1.80. The number of hydrogen-bond donors (Lipinski definition) is 0. The molecule has 2 atom stereocenters. The highest BCUT2D eigenvalue weighted by atomic mass is 19.1. The summed E-state index contributed by atoms with van der Waals surface area (Å²) >= 11 is 0. The van der Waals surface area contributed by atoms with E-state index in [2.05, 4.69) is 4.90 Å². The third-order valence-corrected chi connectivity index (χ3v) is 7.58. The first-order chi connectivity index (χ1) is 15.1. The summed E-state index contributed by atoms with van der Waals surface area (Å²) in [7, 11) is 0. The van der Waals surface area contributed by atoms with Crippen molar-refractivity contribution in [1.82, 2.24) is 14.7 Å². The van der Waals surface area contributed by atoms with E-state index in [1.54, 1.807) is 6.08 Å². The van der Waals surface area contributed by atoms with Crippen LogP contribution in [0.15, 0.2) is 48.1 Å². The highest BCUT2D eigenvalue weighted by Gasteiger charge is 2.48. The number of allylic oxidation sites excluding steroid dienone is 2. The fourth-order valence-corrected chi connectivity index (χ4v) is 5.87. The number of amides is 1. The Hall–Kier alpha value is -1.98. The summed E-state index contributed by atoms with van der Waals surface area (Å²) in [6.07, 6.45) is 10.6. The first kappa shape index (κ1) is 20.9. The Morgan fingerprint density at radius 3 is 2.39 bits per heavy atom. The first-order valence-corrected chi connectivity index (χ1v) is 12.1. The molecule has 3 fully saturated rings. The van der Waals surface area contributed by atoms with E-state index >= 15 is 4.39 Å². The van der Waals surface area contributed by atoms with Crippen LogP contribution in [0.5, 0.6) is 0 Å². The van der Waals surface area contributed by atoms with Crippen LogP contribution in [0, 0.1) is 0 Å². The molecule has 3 heterocycles. The molecule has 0 spiro atoms. The minimum atomic E-state index is -1.71. The van der Waals surface area contributed by atoms with Crippen molar-refractivity contribution in [2.45, 2.75) is 56.8 Å². The van der Waals surface area contributed by atoms with Gasteiger partial charge >= 0.3 is 0 Å². The van der Waals surface area contributed by atoms with Crippen LogP contribution in [-0.2, 0) is 4.79 Å². The van der Waals surface area contributed by atoms with Gasteiger partial charge in [0.15, 0.2) is 5.79 Å². The van der Waals surface area contributed by atoms with Crippen LogP contribution in [0.3, 0.4) is 0 Å². The van der Waals surface area contributed by atoms with Crippen molar-refractivity contribution in [3.63, 3.8) is 0 Å². The van der Waals surface area contributed by atoms with E-state index in [1.807, 2.05) is 46.2 Å². The lowest BCUT2D eigenvalue weighted by molar-refractivity contribution is -0.131. The number of alkyl halides is 1. The van der Waals surface area contributed by atoms with E-state index in [0.717, 1.165) is 76.1 Å². The summed E-state index contributed by atoms with van der Waals surface area (Å²) in [5.41, 5.74) is 2.36. The molecule has 3 saturated heterocycles. The van der Waals surface area contributed by atoms with Crippen molar-refractivity contribution in [3.05, 3.63) is 53.6 Å². The van der Waals surface area contributed by atoms with Gasteiger partial charge in [0.05, 0.1) is 5.57 Å². The van der Waals surface area contributed by atoms with Crippen molar-refractivity contribution >= 4 is 11.5 Å². The lowest BCUT2D eigenvalue weighted by atomic mass is 9.85. The molecule has 1 amide bonds. The van der Waals surface area contributed by atoms with Gasteiger partial charge in [0.25, 0.3) is 5.91 Å². The smallest absolute Gasteiger partial charge is 0.254 e. The van der Waals surface area contributed by atoms with Gasteiger partial charge in [-0.25, -0.2) is 4.39 Å². The number of carbonyl (C=O) groups excluding carboxylic acids is 1. The van der Waals surface area contributed by atoms with Crippen LogP contribution < -0.4 is 0 Å². The molecular formula is C26H34FN3O. The Balaban J connectivity index is 1.43. The maximum Gasteiger partial charge on any atom is 0.254 e. The van der Waals surface area contributed by atoms with Gasteiger partial charge in [0.1, 0.15) is 0 Å². The third-order valence-electron chi connectivity index (χ3n) is 7.58. The number of rotatable bonds is 5. The van der Waals surface area contributed by atoms with Crippen molar-refractivity contribution in [2.24, 2.45) is 0 Å². The van der Waals surface area contributed by atoms with Gasteiger partial charge < -0.3 is 9.80 Å². The molecule has 5 rings (SSSR count). The number of carbonyl (C=O) groups is 1. The van der Waals surface area contributed by atoms with Gasteiger partial charge in [-0.1, -0.05) is 36.4 Å². The molecule has 0 N–H and O–H groups in total. The van der Waals surface area contributed by atoms with Gasteiger partial charge in [-0.05, 0) is 68.8 Å². The monoisotopic (exact) mass is 423 g/mol. The predicted octanol–water partition coefficient (Wildman–Crippen LogP) is 4.25. The zero-order chi connectivity index (χ0) is 21.3. The van der Waals surface area contributed by atoms with Crippen LogP contribution in [0.1, 0.15) is 50.5 Å². The van der Waals surface area contributed by atoms with Crippen molar-refractivity contribution in [1.29, 1.82) is 0 Å². The SMILES string of the molecule is O=C(C1=CC=C(c2ccccc2)CC1(F)N1CCCC1)N1CCC[C@H]1CN1CCCC1. The molecule has 0 radical (unpaired) electrons. The van der Waals surface area contributed by atoms with E-state index in [0.29, 0.717) is 5.57 Å². The molecule has 5 heteroatoms. The van der Waals surface area contributed by atoms with Crippen molar-refractivity contribution in [3.8, 4) is 0 Å². The van der Waals surface area contributed by atoms with Crippen LogP contribution in [0.25, 0.3) is 5.57 Å². The average molecular weight is 424 g/mol. The van der Waals surface area contributed by atoms with Gasteiger partial charge in [0, 0.05) is 38.6 Å². The second kappa shape index (κ2) is 8.87. The quantitative estimate of drug-likeness (QED) is 0.663. The molecule has 1 aliphatic carbocycles. The van der Waals surface area contributed by atoms with Crippen molar-refractivity contribution < 1.29 is 9.18 Å². The van der Waals surface area contributed by atoms with E-state index < -0.39 is 5.79 Å². The largest absolute Gasteiger partial charge is 0.335 e. The Labute approximate surface area is 185 Å². The van der Waals surface area contributed by atoms with Gasteiger partial charge in [-0.3, -0.25) is 9.69 Å². The van der Waals surface area contributed by atoms with Gasteiger partial charge in [-0.2, -0.15) is 0 Å². The van der Waals surface area contributed by atoms with Crippen LogP contribution in [-0.4, -0.2) is 71.7 Å². The maximum absolute atomic E-state index is 16.9. The fraction of sp³-hybridized carbons (Fsp3) is 0.577. The molecule has 166 valence electrons. The lowest BCUT2D eigenvalue weighted by Crippen LogP contribution is -2.52. The number of nitrogens with zero attached hydrogens (tertiary/aromatic N) is 3. The molecule has 0 bridgehead atoms. The Morgan fingerprint density at radius 1 is 0.935 bits per heavy atom. The molecule has 0 aromatic heterocycles. The standard InChI is InChI=1S/C26H34FN3O/c27-26(29-16-6-7-17-29)19-22(21-9-2-1-3-10-21)12-13-24(26)25(31)30-18-8-11-23(30)20-28-14-4-5-15-28/h1-3,9-10,12-13,23H,4-8,11,14-20H2/t23-,26?/m0/s1. The van der Waals surface area contributed by atoms with Crippen LogP contribution in [0.4, 0.5) is 4.39 Å². The molecule has 0 saturated carbocycles. The fourth-order valence-electron chi connectivity index (χ4n) is 5.87. The summed E-state index contributed by atoms with van der Waals surface area (Å²) in [6.45, 7) is 5.39. The van der Waals surface area contributed by atoms with Gasteiger partial charge in [-0.15, -0.1) is 0 Å². The number of hydrogen-bond acceptors (Lipinski definition) is 3. The lowest BCUT2D eigenvalue weighted by Gasteiger charge is -2.40. The molecule has 3 aliphatic heterocycles. The number of benzene rings is 1. The number of likely N-dealkylation sites (tertiary alicyclic amines) is 3. The minimum absolute atomic E-state index is 0.0838. The highest BCUT2D eigenvalue weighted by molar-refractivity contribution is 5.97. The summed E-state index contributed by atoms with van der Waals surface area (Å²) < 4.78 is 16.9. The highest BCUT2D eigenvalue weighted by Crippen LogP contribution is 2.43. The zero-order valence-electron chi connectivity index (χ0n) is 18.4. The van der Waals surface area contributed by atoms with Crippen LogP contribution in [0.2, 0.25) is 0 Å². The van der Waals surface area contributed by atoms with E-state index in [4.69, 9.17) is 0 Å². The molecule has 1 aromatic carbocycles. The number of halogens is 1.